The average molecular weight is 415 g/mol. The van der Waals surface area contributed by atoms with Gasteiger partial charge in [0.1, 0.15) is 12.7 Å². The summed E-state index contributed by atoms with van der Waals surface area (Å²) in [5.74, 6) is 1.35. The van der Waals surface area contributed by atoms with Gasteiger partial charge in [-0.1, -0.05) is 35.9 Å². The van der Waals surface area contributed by atoms with Gasteiger partial charge in [-0.2, -0.15) is 0 Å². The van der Waals surface area contributed by atoms with Crippen LogP contribution in [0.1, 0.15) is 16.7 Å². The number of nitrogens with zero attached hydrogens (tertiary/aromatic N) is 2. The van der Waals surface area contributed by atoms with Gasteiger partial charge in [0, 0.05) is 32.7 Å². The lowest BCUT2D eigenvalue weighted by molar-refractivity contribution is 0.00445. The van der Waals surface area contributed by atoms with E-state index in [1.807, 2.05) is 12.1 Å². The van der Waals surface area contributed by atoms with Gasteiger partial charge in [-0.25, -0.2) is 0 Å². The summed E-state index contributed by atoms with van der Waals surface area (Å²) in [6.45, 7) is 7.77. The number of morpholine rings is 1. The number of ether oxygens (including phenoxy) is 3. The Labute approximate surface area is 180 Å². The molecule has 1 unspecified atom stereocenters. The Morgan fingerprint density at radius 2 is 1.70 bits per heavy atom. The molecule has 1 fully saturated rings. The van der Waals surface area contributed by atoms with Gasteiger partial charge in [-0.05, 0) is 37.2 Å². The third-order valence-electron chi connectivity index (χ3n) is 5.26. The van der Waals surface area contributed by atoms with Crippen molar-refractivity contribution in [1.29, 1.82) is 0 Å². The molecule has 1 heterocycles. The number of hydrogen-bond acceptors (Lipinski definition) is 6. The zero-order valence-electron chi connectivity index (χ0n) is 18.3. The molecule has 6 heteroatoms. The summed E-state index contributed by atoms with van der Waals surface area (Å²) in [5.41, 5.74) is 3.73. The molecule has 0 aromatic heterocycles. The van der Waals surface area contributed by atoms with Crippen molar-refractivity contribution in [3.05, 3.63) is 59.2 Å². The smallest absolute Gasteiger partial charge is 0.161 e. The van der Waals surface area contributed by atoms with Gasteiger partial charge in [0.25, 0.3) is 0 Å². The Morgan fingerprint density at radius 1 is 1.03 bits per heavy atom. The van der Waals surface area contributed by atoms with Crippen LogP contribution in [-0.4, -0.2) is 74.6 Å². The quantitative estimate of drug-likeness (QED) is 0.645. The highest BCUT2D eigenvalue weighted by atomic mass is 16.5. The minimum absolute atomic E-state index is 0.236. The largest absolute Gasteiger partial charge is 0.493 e. The van der Waals surface area contributed by atoms with Crippen LogP contribution in [0, 0.1) is 6.92 Å². The fourth-order valence-corrected chi connectivity index (χ4v) is 3.62. The van der Waals surface area contributed by atoms with E-state index in [9.17, 15) is 5.11 Å². The number of aliphatic hydroxyl groups is 1. The van der Waals surface area contributed by atoms with Gasteiger partial charge in [0.15, 0.2) is 11.5 Å². The molecule has 1 aliphatic rings. The van der Waals surface area contributed by atoms with E-state index >= 15 is 0 Å². The molecular weight excluding hydrogens is 380 g/mol. The molecule has 0 saturated carbocycles. The molecule has 0 radical (unpaired) electrons. The number of aliphatic hydroxyl groups excluding tert-OH is 1. The van der Waals surface area contributed by atoms with Crippen molar-refractivity contribution in [3.8, 4) is 11.5 Å². The maximum Gasteiger partial charge on any atom is 0.161 e. The van der Waals surface area contributed by atoms with Crippen LogP contribution in [0.3, 0.4) is 0 Å². The van der Waals surface area contributed by atoms with E-state index in [2.05, 4.69) is 54.1 Å². The summed E-state index contributed by atoms with van der Waals surface area (Å²) >= 11 is 0. The fourth-order valence-electron chi connectivity index (χ4n) is 3.62. The van der Waals surface area contributed by atoms with Gasteiger partial charge in [0.05, 0.1) is 20.3 Å². The van der Waals surface area contributed by atoms with Crippen LogP contribution >= 0.6 is 0 Å². The van der Waals surface area contributed by atoms with Crippen LogP contribution in [-0.2, 0) is 17.8 Å². The van der Waals surface area contributed by atoms with E-state index < -0.39 is 6.10 Å². The highest BCUT2D eigenvalue weighted by molar-refractivity contribution is 5.43. The Morgan fingerprint density at radius 3 is 2.40 bits per heavy atom. The van der Waals surface area contributed by atoms with Gasteiger partial charge >= 0.3 is 0 Å². The SMILES string of the molecule is COc1cc(CN(C)Cc2ccc(C)cc2)ccc1OCC(O)CN1CCOCC1. The van der Waals surface area contributed by atoms with E-state index in [-0.39, 0.29) is 6.61 Å². The molecule has 0 aliphatic carbocycles. The molecule has 2 aromatic carbocycles. The molecule has 30 heavy (non-hydrogen) atoms. The topological polar surface area (TPSA) is 54.4 Å². The number of hydrogen-bond donors (Lipinski definition) is 1. The number of rotatable bonds is 10. The average Bonchev–Trinajstić information content (AvgIpc) is 2.75. The Hall–Kier alpha value is -2.12. The molecule has 0 spiro atoms. The van der Waals surface area contributed by atoms with E-state index in [1.165, 1.54) is 11.1 Å². The van der Waals surface area contributed by atoms with Crippen molar-refractivity contribution in [2.45, 2.75) is 26.1 Å². The molecule has 1 saturated heterocycles. The summed E-state index contributed by atoms with van der Waals surface area (Å²) in [7, 11) is 3.75. The van der Waals surface area contributed by atoms with Crippen molar-refractivity contribution < 1.29 is 19.3 Å². The second-order valence-corrected chi connectivity index (χ2v) is 8.02. The second kappa shape index (κ2) is 11.3. The molecule has 1 aliphatic heterocycles. The minimum atomic E-state index is -0.548. The van der Waals surface area contributed by atoms with Crippen LogP contribution in [0.5, 0.6) is 11.5 Å². The maximum atomic E-state index is 10.3. The van der Waals surface area contributed by atoms with Crippen LogP contribution in [0.25, 0.3) is 0 Å². The van der Waals surface area contributed by atoms with Gasteiger partial charge in [-0.3, -0.25) is 9.80 Å². The summed E-state index contributed by atoms with van der Waals surface area (Å²) in [4.78, 5) is 4.47. The molecule has 6 nitrogen and oxygen atoms in total. The summed E-state index contributed by atoms with van der Waals surface area (Å²) in [6, 6.07) is 14.6. The highest BCUT2D eigenvalue weighted by Crippen LogP contribution is 2.29. The summed E-state index contributed by atoms with van der Waals surface area (Å²) < 4.78 is 16.7. The van der Waals surface area contributed by atoms with Crippen molar-refractivity contribution in [3.63, 3.8) is 0 Å². The lowest BCUT2D eigenvalue weighted by atomic mass is 10.1. The third kappa shape index (κ3) is 6.99. The summed E-state index contributed by atoms with van der Waals surface area (Å²) in [6.07, 6.45) is -0.548. The Bertz CT molecular complexity index is 775. The van der Waals surface area contributed by atoms with E-state index in [0.717, 1.165) is 45.0 Å². The predicted molar refractivity (Wildman–Crippen MR) is 118 cm³/mol. The monoisotopic (exact) mass is 414 g/mol. The van der Waals surface area contributed by atoms with Crippen molar-refractivity contribution in [2.75, 3.05) is 53.6 Å². The normalized spacial score (nSPS) is 15.9. The van der Waals surface area contributed by atoms with Gasteiger partial charge in [0.2, 0.25) is 0 Å². The zero-order valence-corrected chi connectivity index (χ0v) is 18.3. The first-order valence-electron chi connectivity index (χ1n) is 10.6. The molecule has 0 bridgehead atoms. The van der Waals surface area contributed by atoms with Crippen LogP contribution in [0.15, 0.2) is 42.5 Å². The van der Waals surface area contributed by atoms with Crippen molar-refractivity contribution in [2.24, 2.45) is 0 Å². The summed E-state index contributed by atoms with van der Waals surface area (Å²) in [5, 5.41) is 10.3. The van der Waals surface area contributed by atoms with Gasteiger partial charge in [-0.15, -0.1) is 0 Å². The first-order valence-corrected chi connectivity index (χ1v) is 10.6. The second-order valence-electron chi connectivity index (χ2n) is 8.02. The third-order valence-corrected chi connectivity index (χ3v) is 5.26. The standard InChI is InChI=1S/C24H34N2O4/c1-19-4-6-20(7-5-19)15-25(2)16-21-8-9-23(24(14-21)28-3)30-18-22(27)17-26-10-12-29-13-11-26/h4-9,14,22,27H,10-13,15-18H2,1-3H3. The van der Waals surface area contributed by atoms with Crippen LogP contribution in [0.4, 0.5) is 0 Å². The maximum absolute atomic E-state index is 10.3. The molecule has 1 N–H and O–H groups in total. The Kier molecular flexibility index (Phi) is 8.51. The van der Waals surface area contributed by atoms with Crippen molar-refractivity contribution >= 4 is 0 Å². The van der Waals surface area contributed by atoms with E-state index in [0.29, 0.717) is 18.0 Å². The number of methoxy groups -OCH3 is 1. The number of β-amino-alcohol motifs (C(OH)–C–C–N with tert-alkyl or cyclic N) is 1. The predicted octanol–water partition coefficient (Wildman–Crippen LogP) is 2.71. The minimum Gasteiger partial charge on any atom is -0.493 e. The highest BCUT2D eigenvalue weighted by Gasteiger charge is 2.16. The molecular formula is C24H34N2O4. The Balaban J connectivity index is 1.51. The zero-order chi connectivity index (χ0) is 21.3. The first-order chi connectivity index (χ1) is 14.5. The number of benzene rings is 2. The van der Waals surface area contributed by atoms with Crippen molar-refractivity contribution in [1.82, 2.24) is 9.80 Å². The van der Waals surface area contributed by atoms with Crippen LogP contribution in [0.2, 0.25) is 0 Å². The van der Waals surface area contributed by atoms with E-state index in [1.54, 1.807) is 7.11 Å². The molecule has 1 atom stereocenters. The fraction of sp³-hybridized carbons (Fsp3) is 0.500. The molecule has 164 valence electrons. The van der Waals surface area contributed by atoms with Gasteiger partial charge < -0.3 is 19.3 Å². The van der Waals surface area contributed by atoms with Crippen LogP contribution < -0.4 is 9.47 Å². The molecule has 0 amide bonds. The first kappa shape index (κ1) is 22.6. The lowest BCUT2D eigenvalue weighted by Gasteiger charge is -2.28. The lowest BCUT2D eigenvalue weighted by Crippen LogP contribution is -2.42. The molecule has 3 rings (SSSR count). The molecule has 2 aromatic rings. The van der Waals surface area contributed by atoms with E-state index in [4.69, 9.17) is 14.2 Å². The number of aryl methyl sites for hydroxylation is 1.